The molecule has 0 aliphatic heterocycles. The number of anilines is 1. The molecular weight excluding hydrogens is 304 g/mol. The summed E-state index contributed by atoms with van der Waals surface area (Å²) in [5.74, 6) is -4.32. The van der Waals surface area contributed by atoms with Crippen molar-refractivity contribution in [3.63, 3.8) is 0 Å². The van der Waals surface area contributed by atoms with Gasteiger partial charge in [-0.1, -0.05) is 18.2 Å². The maximum atomic E-state index is 13.2. The number of hydrogen-bond donors (Lipinski definition) is 2. The molecule has 0 saturated heterocycles. The van der Waals surface area contributed by atoms with Gasteiger partial charge in [0.2, 0.25) is 0 Å². The summed E-state index contributed by atoms with van der Waals surface area (Å²) in [6.45, 7) is 0. The molecule has 8 heteroatoms. The Bertz CT molecular complexity index is 791. The van der Waals surface area contributed by atoms with Gasteiger partial charge in [-0.2, -0.15) is 0 Å². The maximum Gasteiger partial charge on any atom is 0.337 e. The number of sulfonamides is 1. The monoisotopic (exact) mass is 313 g/mol. The first kappa shape index (κ1) is 14.9. The summed E-state index contributed by atoms with van der Waals surface area (Å²) in [4.78, 5) is 10.9. The number of carboxylic acid groups (broad SMARTS) is 1. The summed E-state index contributed by atoms with van der Waals surface area (Å²) in [7, 11) is -4.10. The minimum absolute atomic E-state index is 0.133. The van der Waals surface area contributed by atoms with Crippen molar-refractivity contribution in [1.29, 1.82) is 0 Å². The molecule has 0 heterocycles. The number of rotatable bonds is 4. The van der Waals surface area contributed by atoms with Gasteiger partial charge in [0.05, 0.1) is 16.1 Å². The van der Waals surface area contributed by atoms with Gasteiger partial charge in [-0.05, 0) is 18.2 Å². The topological polar surface area (TPSA) is 83.5 Å². The molecule has 0 amide bonds. The Labute approximate surface area is 118 Å². The Morgan fingerprint density at radius 3 is 2.19 bits per heavy atom. The van der Waals surface area contributed by atoms with Crippen LogP contribution in [0.2, 0.25) is 0 Å². The van der Waals surface area contributed by atoms with Crippen molar-refractivity contribution in [3.05, 3.63) is 59.7 Å². The number of hydrogen-bond acceptors (Lipinski definition) is 3. The highest BCUT2D eigenvalue weighted by Crippen LogP contribution is 2.23. The van der Waals surface area contributed by atoms with Crippen molar-refractivity contribution in [3.8, 4) is 0 Å². The van der Waals surface area contributed by atoms with Crippen LogP contribution in [0, 0.1) is 11.6 Å². The van der Waals surface area contributed by atoms with Crippen LogP contribution in [0.5, 0.6) is 0 Å². The van der Waals surface area contributed by atoms with Crippen molar-refractivity contribution in [1.82, 2.24) is 0 Å². The highest BCUT2D eigenvalue weighted by Gasteiger charge is 2.20. The predicted octanol–water partition coefficient (Wildman–Crippen LogP) is 2.46. The van der Waals surface area contributed by atoms with E-state index in [4.69, 9.17) is 5.11 Å². The molecule has 0 bridgehead atoms. The molecule has 0 atom stereocenters. The minimum atomic E-state index is -4.10. The number of carboxylic acids is 1. The Morgan fingerprint density at radius 1 is 1.05 bits per heavy atom. The fourth-order valence-corrected chi connectivity index (χ4v) is 2.70. The fourth-order valence-electron chi connectivity index (χ4n) is 1.61. The third-order valence-electron chi connectivity index (χ3n) is 2.59. The second-order valence-electron chi connectivity index (χ2n) is 4.04. The Kier molecular flexibility index (Phi) is 3.90. The summed E-state index contributed by atoms with van der Waals surface area (Å²) < 4.78 is 52.3. The van der Waals surface area contributed by atoms with Crippen LogP contribution in [0.15, 0.2) is 47.4 Å². The Morgan fingerprint density at radius 2 is 1.62 bits per heavy atom. The molecule has 0 saturated carbocycles. The van der Waals surface area contributed by atoms with Gasteiger partial charge >= 0.3 is 5.97 Å². The second kappa shape index (κ2) is 5.49. The molecular formula is C13H9F2NO4S. The molecule has 0 fully saturated rings. The van der Waals surface area contributed by atoms with Crippen LogP contribution in [0.4, 0.5) is 14.5 Å². The van der Waals surface area contributed by atoms with Gasteiger partial charge in [0.25, 0.3) is 10.0 Å². The largest absolute Gasteiger partial charge is 0.478 e. The van der Waals surface area contributed by atoms with E-state index in [2.05, 4.69) is 0 Å². The fraction of sp³-hybridized carbons (Fsp3) is 0. The highest BCUT2D eigenvalue weighted by molar-refractivity contribution is 7.92. The van der Waals surface area contributed by atoms with E-state index < -0.39 is 38.9 Å². The van der Waals surface area contributed by atoms with E-state index in [-0.39, 0.29) is 4.90 Å². The lowest BCUT2D eigenvalue weighted by molar-refractivity contribution is 0.0697. The average molecular weight is 313 g/mol. The van der Waals surface area contributed by atoms with Gasteiger partial charge in [0, 0.05) is 6.07 Å². The summed E-state index contributed by atoms with van der Waals surface area (Å²) in [6.07, 6.45) is 0. The molecule has 0 aromatic heterocycles. The lowest BCUT2D eigenvalue weighted by atomic mass is 10.2. The summed E-state index contributed by atoms with van der Waals surface area (Å²) in [5.41, 5.74) is -1.24. The number of benzene rings is 2. The van der Waals surface area contributed by atoms with E-state index in [1.807, 2.05) is 4.72 Å². The molecule has 2 rings (SSSR count). The SMILES string of the molecule is O=C(O)c1cc(F)c(F)cc1NS(=O)(=O)c1ccccc1. The molecule has 0 radical (unpaired) electrons. The van der Waals surface area contributed by atoms with Crippen LogP contribution >= 0.6 is 0 Å². The van der Waals surface area contributed by atoms with Gasteiger partial charge in [-0.15, -0.1) is 0 Å². The van der Waals surface area contributed by atoms with Gasteiger partial charge in [0.1, 0.15) is 0 Å². The van der Waals surface area contributed by atoms with Gasteiger partial charge in [0.15, 0.2) is 11.6 Å². The van der Waals surface area contributed by atoms with Crippen LogP contribution in [0.3, 0.4) is 0 Å². The molecule has 5 nitrogen and oxygen atoms in total. The molecule has 2 aromatic rings. The van der Waals surface area contributed by atoms with Crippen LogP contribution in [-0.4, -0.2) is 19.5 Å². The summed E-state index contributed by atoms with van der Waals surface area (Å²) in [5, 5.41) is 8.92. The molecule has 0 aliphatic carbocycles. The van der Waals surface area contributed by atoms with Crippen molar-refractivity contribution in [2.45, 2.75) is 4.90 Å². The van der Waals surface area contributed by atoms with Gasteiger partial charge in [-0.25, -0.2) is 22.0 Å². The number of aromatic carboxylic acids is 1. The van der Waals surface area contributed by atoms with Gasteiger partial charge < -0.3 is 5.11 Å². The molecule has 21 heavy (non-hydrogen) atoms. The second-order valence-corrected chi connectivity index (χ2v) is 5.72. The molecule has 110 valence electrons. The third kappa shape index (κ3) is 3.16. The van der Waals surface area contributed by atoms with Crippen LogP contribution in [-0.2, 0) is 10.0 Å². The summed E-state index contributed by atoms with van der Waals surface area (Å²) in [6, 6.07) is 8.00. The molecule has 0 aliphatic rings. The third-order valence-corrected chi connectivity index (χ3v) is 3.97. The van der Waals surface area contributed by atoms with E-state index in [0.717, 1.165) is 0 Å². The number of halogens is 2. The molecule has 0 spiro atoms. The summed E-state index contributed by atoms with van der Waals surface area (Å²) >= 11 is 0. The molecule has 2 aromatic carbocycles. The zero-order valence-corrected chi connectivity index (χ0v) is 11.2. The first-order valence-corrected chi connectivity index (χ1v) is 7.10. The maximum absolute atomic E-state index is 13.2. The zero-order valence-electron chi connectivity index (χ0n) is 10.4. The van der Waals surface area contributed by atoms with E-state index >= 15 is 0 Å². The van der Waals surface area contributed by atoms with Crippen molar-refractivity contribution in [2.24, 2.45) is 0 Å². The lowest BCUT2D eigenvalue weighted by Crippen LogP contribution is -2.16. The zero-order chi connectivity index (χ0) is 15.6. The highest BCUT2D eigenvalue weighted by atomic mass is 32.2. The number of nitrogens with one attached hydrogen (secondary N) is 1. The standard InChI is InChI=1S/C13H9F2NO4S/c14-10-6-9(13(17)18)12(7-11(10)15)16-21(19,20)8-4-2-1-3-5-8/h1-7,16H,(H,17,18). The first-order valence-electron chi connectivity index (χ1n) is 5.61. The number of carbonyl (C=O) groups is 1. The van der Waals surface area contributed by atoms with Crippen LogP contribution < -0.4 is 4.72 Å². The Balaban J connectivity index is 2.49. The molecule has 2 N–H and O–H groups in total. The average Bonchev–Trinajstić information content (AvgIpc) is 2.43. The van der Waals surface area contributed by atoms with E-state index in [1.54, 1.807) is 6.07 Å². The minimum Gasteiger partial charge on any atom is -0.478 e. The quantitative estimate of drug-likeness (QED) is 0.908. The first-order chi connectivity index (χ1) is 9.81. The Hall–Kier alpha value is -2.48. The van der Waals surface area contributed by atoms with E-state index in [9.17, 15) is 22.0 Å². The van der Waals surface area contributed by atoms with E-state index in [0.29, 0.717) is 12.1 Å². The van der Waals surface area contributed by atoms with Crippen LogP contribution in [0.1, 0.15) is 10.4 Å². The molecule has 0 unspecified atom stereocenters. The van der Waals surface area contributed by atoms with Crippen molar-refractivity contribution < 1.29 is 27.1 Å². The van der Waals surface area contributed by atoms with Crippen molar-refractivity contribution in [2.75, 3.05) is 4.72 Å². The van der Waals surface area contributed by atoms with Gasteiger partial charge in [-0.3, -0.25) is 4.72 Å². The predicted molar refractivity (Wildman–Crippen MR) is 70.6 cm³/mol. The lowest BCUT2D eigenvalue weighted by Gasteiger charge is -2.11. The smallest absolute Gasteiger partial charge is 0.337 e. The van der Waals surface area contributed by atoms with E-state index in [1.165, 1.54) is 24.3 Å². The normalized spacial score (nSPS) is 11.1. The van der Waals surface area contributed by atoms with Crippen molar-refractivity contribution >= 4 is 21.7 Å². The van der Waals surface area contributed by atoms with Crippen LogP contribution in [0.25, 0.3) is 0 Å².